The molecule has 9 nitrogen and oxygen atoms in total. The highest BCUT2D eigenvalue weighted by atomic mass is 19.4. The fourth-order valence-electron chi connectivity index (χ4n) is 3.95. The number of piperidine rings is 1. The van der Waals surface area contributed by atoms with Crippen LogP contribution < -0.4 is 15.2 Å². The summed E-state index contributed by atoms with van der Waals surface area (Å²) in [4.78, 5) is 30.2. The molecule has 1 aliphatic rings. The number of nitrogens with zero attached hydrogens (tertiary/aromatic N) is 4. The Morgan fingerprint density at radius 3 is 2.44 bits per heavy atom. The summed E-state index contributed by atoms with van der Waals surface area (Å²) >= 11 is 0. The Bertz CT molecular complexity index is 1240. The first-order valence-corrected chi connectivity index (χ1v) is 11.2. The standard InChI is InChI=1S/C24H24F3N5O4/c1-31-14-16(12-30-31)15-2-5-21(20(10-15)23(28)34)35-18-6-8-32(9-7-18)22(33)11-17-3-4-19(13-29-17)36-24(25,26)27/h2-5,10,12-14,18H,6-9,11H2,1H3,(H2,28,34). The summed E-state index contributed by atoms with van der Waals surface area (Å²) in [5, 5.41) is 4.13. The van der Waals surface area contributed by atoms with Crippen LogP contribution in [0.15, 0.2) is 48.9 Å². The van der Waals surface area contributed by atoms with Crippen LogP contribution >= 0.6 is 0 Å². The molecule has 190 valence electrons. The number of carbonyl (C=O) groups excluding carboxylic acids is 2. The van der Waals surface area contributed by atoms with Crippen LogP contribution in [0.3, 0.4) is 0 Å². The van der Waals surface area contributed by atoms with Crippen molar-refractivity contribution in [3.8, 4) is 22.6 Å². The summed E-state index contributed by atoms with van der Waals surface area (Å²) < 4.78 is 48.3. The zero-order chi connectivity index (χ0) is 25.9. The van der Waals surface area contributed by atoms with Crippen molar-refractivity contribution in [3.63, 3.8) is 0 Å². The first-order valence-electron chi connectivity index (χ1n) is 11.2. The van der Waals surface area contributed by atoms with Crippen molar-refractivity contribution in [1.82, 2.24) is 19.7 Å². The van der Waals surface area contributed by atoms with Gasteiger partial charge in [0.25, 0.3) is 5.91 Å². The van der Waals surface area contributed by atoms with Crippen LogP contribution in [0.5, 0.6) is 11.5 Å². The first-order chi connectivity index (χ1) is 17.1. The number of hydrogen-bond donors (Lipinski definition) is 1. The summed E-state index contributed by atoms with van der Waals surface area (Å²) in [6.07, 6.45) is 0.478. The van der Waals surface area contributed by atoms with Crippen LogP contribution in [0.25, 0.3) is 11.1 Å². The maximum atomic E-state index is 12.6. The Hall–Kier alpha value is -4.09. The second-order valence-corrected chi connectivity index (χ2v) is 8.39. The predicted octanol–water partition coefficient (Wildman–Crippen LogP) is 3.09. The van der Waals surface area contributed by atoms with E-state index in [0.717, 1.165) is 23.4 Å². The molecule has 2 N–H and O–H groups in total. The maximum Gasteiger partial charge on any atom is 0.573 e. The van der Waals surface area contributed by atoms with Crippen molar-refractivity contribution in [2.45, 2.75) is 31.7 Å². The number of amides is 2. The number of hydrogen-bond acceptors (Lipinski definition) is 6. The van der Waals surface area contributed by atoms with E-state index in [4.69, 9.17) is 10.5 Å². The Morgan fingerprint density at radius 2 is 1.86 bits per heavy atom. The molecule has 0 aliphatic carbocycles. The van der Waals surface area contributed by atoms with Crippen molar-refractivity contribution in [2.75, 3.05) is 13.1 Å². The number of aromatic nitrogens is 3. The normalized spacial score (nSPS) is 14.5. The molecule has 2 aromatic heterocycles. The molecule has 36 heavy (non-hydrogen) atoms. The molecule has 4 rings (SSSR count). The van der Waals surface area contributed by atoms with E-state index < -0.39 is 18.0 Å². The van der Waals surface area contributed by atoms with E-state index >= 15 is 0 Å². The van der Waals surface area contributed by atoms with Gasteiger partial charge in [-0.25, -0.2) is 0 Å². The molecule has 1 saturated heterocycles. The minimum atomic E-state index is -4.80. The van der Waals surface area contributed by atoms with Crippen LogP contribution in [0.4, 0.5) is 13.2 Å². The summed E-state index contributed by atoms with van der Waals surface area (Å²) in [6.45, 7) is 0.858. The molecule has 0 atom stereocenters. The average molecular weight is 503 g/mol. The van der Waals surface area contributed by atoms with Crippen molar-refractivity contribution in [1.29, 1.82) is 0 Å². The monoisotopic (exact) mass is 503 g/mol. The highest BCUT2D eigenvalue weighted by Crippen LogP contribution is 2.29. The van der Waals surface area contributed by atoms with Gasteiger partial charge < -0.3 is 20.1 Å². The highest BCUT2D eigenvalue weighted by Gasteiger charge is 2.31. The number of likely N-dealkylation sites (tertiary alicyclic amines) is 1. The van der Waals surface area contributed by atoms with E-state index in [1.165, 1.54) is 6.07 Å². The van der Waals surface area contributed by atoms with Crippen LogP contribution in [0, 0.1) is 0 Å². The largest absolute Gasteiger partial charge is 0.573 e. The quantitative estimate of drug-likeness (QED) is 0.530. The molecule has 3 heterocycles. The van der Waals surface area contributed by atoms with Gasteiger partial charge in [-0.05, 0) is 29.8 Å². The van der Waals surface area contributed by atoms with Gasteiger partial charge in [-0.3, -0.25) is 19.3 Å². The number of aryl methyl sites for hydroxylation is 1. The van der Waals surface area contributed by atoms with Gasteiger partial charge in [0, 0.05) is 50.4 Å². The van der Waals surface area contributed by atoms with Crippen molar-refractivity contribution >= 4 is 11.8 Å². The number of carbonyl (C=O) groups is 2. The number of alkyl halides is 3. The Kier molecular flexibility index (Phi) is 7.13. The minimum absolute atomic E-state index is 0.0422. The molecule has 2 amide bonds. The second kappa shape index (κ2) is 10.3. The van der Waals surface area contributed by atoms with E-state index in [2.05, 4.69) is 14.8 Å². The van der Waals surface area contributed by atoms with Gasteiger partial charge in [-0.1, -0.05) is 6.07 Å². The van der Waals surface area contributed by atoms with E-state index in [0.29, 0.717) is 37.4 Å². The lowest BCUT2D eigenvalue weighted by atomic mass is 10.0. The topological polar surface area (TPSA) is 113 Å². The van der Waals surface area contributed by atoms with Gasteiger partial charge in [-0.2, -0.15) is 5.10 Å². The molecule has 0 bridgehead atoms. The van der Waals surface area contributed by atoms with Crippen molar-refractivity contribution in [3.05, 3.63) is 60.2 Å². The van der Waals surface area contributed by atoms with E-state index in [9.17, 15) is 22.8 Å². The average Bonchev–Trinajstić information content (AvgIpc) is 3.26. The molecule has 1 aliphatic heterocycles. The van der Waals surface area contributed by atoms with Crippen molar-refractivity contribution in [2.24, 2.45) is 12.8 Å². The van der Waals surface area contributed by atoms with Crippen LogP contribution in [0.2, 0.25) is 0 Å². The minimum Gasteiger partial charge on any atom is -0.489 e. The third-order valence-corrected chi connectivity index (χ3v) is 5.74. The first kappa shape index (κ1) is 25.0. The van der Waals surface area contributed by atoms with Crippen LogP contribution in [-0.4, -0.2) is 57.0 Å². The smallest absolute Gasteiger partial charge is 0.489 e. The fourth-order valence-corrected chi connectivity index (χ4v) is 3.95. The van der Waals surface area contributed by atoms with Gasteiger partial charge in [0.1, 0.15) is 17.6 Å². The van der Waals surface area contributed by atoms with Crippen LogP contribution in [-0.2, 0) is 18.3 Å². The number of rotatable bonds is 7. The SMILES string of the molecule is Cn1cc(-c2ccc(OC3CCN(C(=O)Cc4ccc(OC(F)(F)F)cn4)CC3)c(C(N)=O)c2)cn1. The molecule has 0 unspecified atom stereocenters. The predicted molar refractivity (Wildman–Crippen MR) is 122 cm³/mol. The van der Waals surface area contributed by atoms with Gasteiger partial charge in [0.2, 0.25) is 5.91 Å². The van der Waals surface area contributed by atoms with E-state index in [1.54, 1.807) is 35.0 Å². The third-order valence-electron chi connectivity index (χ3n) is 5.74. The van der Waals surface area contributed by atoms with Gasteiger partial charge >= 0.3 is 6.36 Å². The lowest BCUT2D eigenvalue weighted by Crippen LogP contribution is -2.42. The third kappa shape index (κ3) is 6.32. The molecular weight excluding hydrogens is 479 g/mol. The lowest BCUT2D eigenvalue weighted by molar-refractivity contribution is -0.274. The zero-order valence-corrected chi connectivity index (χ0v) is 19.4. The second-order valence-electron chi connectivity index (χ2n) is 8.39. The number of halogens is 3. The van der Waals surface area contributed by atoms with Crippen LogP contribution in [0.1, 0.15) is 28.9 Å². The fraction of sp³-hybridized carbons (Fsp3) is 0.333. The Balaban J connectivity index is 1.32. The lowest BCUT2D eigenvalue weighted by Gasteiger charge is -2.32. The maximum absolute atomic E-state index is 12.6. The number of benzene rings is 1. The number of pyridine rings is 1. The van der Waals surface area contributed by atoms with Gasteiger partial charge in [0.05, 0.1) is 24.4 Å². The molecule has 0 spiro atoms. The van der Waals surface area contributed by atoms with Gasteiger partial charge in [0.15, 0.2) is 0 Å². The highest BCUT2D eigenvalue weighted by molar-refractivity contribution is 5.97. The molecular formula is C24H24F3N5O4. The molecule has 1 fully saturated rings. The molecule has 3 aromatic rings. The van der Waals surface area contributed by atoms with Gasteiger partial charge in [-0.15, -0.1) is 13.2 Å². The number of nitrogens with two attached hydrogens (primary N) is 1. The zero-order valence-electron chi connectivity index (χ0n) is 19.4. The van der Waals surface area contributed by atoms with E-state index in [-0.39, 0.29) is 24.0 Å². The number of ether oxygens (including phenoxy) is 2. The summed E-state index contributed by atoms with van der Waals surface area (Å²) in [5.74, 6) is -0.864. The number of primary amides is 1. The van der Waals surface area contributed by atoms with E-state index in [1.807, 2.05) is 12.3 Å². The summed E-state index contributed by atoms with van der Waals surface area (Å²) in [6, 6.07) is 7.66. The summed E-state index contributed by atoms with van der Waals surface area (Å²) in [5.41, 5.74) is 7.82. The Labute approximate surface area is 204 Å². The molecule has 1 aromatic carbocycles. The molecule has 12 heteroatoms. The molecule has 0 radical (unpaired) electrons. The molecule has 0 saturated carbocycles. The van der Waals surface area contributed by atoms with Crippen molar-refractivity contribution < 1.29 is 32.2 Å². The Morgan fingerprint density at radius 1 is 1.11 bits per heavy atom. The summed E-state index contributed by atoms with van der Waals surface area (Å²) in [7, 11) is 1.80.